The fourth-order valence-corrected chi connectivity index (χ4v) is 8.54. The summed E-state index contributed by atoms with van der Waals surface area (Å²) in [4.78, 5) is 45.0. The maximum Gasteiger partial charge on any atom is 0.310 e. The third kappa shape index (κ3) is 6.05. The Morgan fingerprint density at radius 2 is 1.46 bits per heavy atom. The van der Waals surface area contributed by atoms with Crippen LogP contribution in [0.2, 0.25) is 10.0 Å². The highest BCUT2D eigenvalue weighted by Gasteiger charge is 2.67. The van der Waals surface area contributed by atoms with Crippen LogP contribution in [-0.4, -0.2) is 65.4 Å². The van der Waals surface area contributed by atoms with Crippen molar-refractivity contribution >= 4 is 41.0 Å². The quantitative estimate of drug-likeness (QED) is 0.259. The first-order chi connectivity index (χ1) is 22.2. The van der Waals surface area contributed by atoms with Crippen molar-refractivity contribution in [2.24, 2.45) is 17.1 Å². The summed E-state index contributed by atoms with van der Waals surface area (Å²) in [5, 5.41) is 11.6. The molecule has 2 heterocycles. The third-order valence-electron chi connectivity index (χ3n) is 10.8. The first kappa shape index (κ1) is 32.5. The van der Waals surface area contributed by atoms with Gasteiger partial charge in [0.15, 0.2) is 0 Å². The number of carbonyl (C=O) groups excluding carboxylic acids is 2. The molecule has 9 heteroatoms. The lowest BCUT2D eigenvalue weighted by Crippen LogP contribution is -2.54. The first-order valence-electron chi connectivity index (χ1n) is 16.3. The van der Waals surface area contributed by atoms with Gasteiger partial charge < -0.3 is 20.6 Å². The summed E-state index contributed by atoms with van der Waals surface area (Å²) in [5.41, 5.74) is 6.60. The smallest absolute Gasteiger partial charge is 0.310 e. The van der Waals surface area contributed by atoms with Crippen LogP contribution in [0.15, 0.2) is 78.9 Å². The van der Waals surface area contributed by atoms with Crippen LogP contribution in [0.5, 0.6) is 0 Å². The van der Waals surface area contributed by atoms with Crippen LogP contribution in [0.25, 0.3) is 0 Å². The van der Waals surface area contributed by atoms with Gasteiger partial charge in [-0.1, -0.05) is 89.9 Å². The minimum absolute atomic E-state index is 0.219. The molecule has 0 aromatic heterocycles. The molecule has 2 saturated heterocycles. The van der Waals surface area contributed by atoms with E-state index in [0.717, 1.165) is 37.9 Å². The molecule has 0 radical (unpaired) electrons. The van der Waals surface area contributed by atoms with Gasteiger partial charge in [0.2, 0.25) is 11.8 Å². The Balaban J connectivity index is 1.28. The molecule has 7 nitrogen and oxygen atoms in total. The van der Waals surface area contributed by atoms with Crippen molar-refractivity contribution in [1.29, 1.82) is 0 Å². The largest absolute Gasteiger partial charge is 0.481 e. The zero-order valence-corrected chi connectivity index (χ0v) is 27.4. The molecule has 2 amide bonds. The molecule has 6 rings (SSSR count). The van der Waals surface area contributed by atoms with E-state index in [9.17, 15) is 19.5 Å². The van der Waals surface area contributed by atoms with E-state index >= 15 is 0 Å². The number of nitrogens with zero attached hydrogens (tertiary/aromatic N) is 2. The summed E-state index contributed by atoms with van der Waals surface area (Å²) in [6.45, 7) is 3.51. The lowest BCUT2D eigenvalue weighted by molar-refractivity contribution is -0.145. The van der Waals surface area contributed by atoms with Gasteiger partial charge in [0.05, 0.1) is 26.8 Å². The Morgan fingerprint density at radius 3 is 2.04 bits per heavy atom. The van der Waals surface area contributed by atoms with Gasteiger partial charge in [0.1, 0.15) is 0 Å². The number of aliphatic carboxylic acids is 1. The molecule has 3 aromatic rings. The molecule has 1 saturated carbocycles. The predicted molar refractivity (Wildman–Crippen MR) is 180 cm³/mol. The number of piperidine rings is 2. The topological polar surface area (TPSA) is 104 Å². The van der Waals surface area contributed by atoms with E-state index in [1.54, 1.807) is 18.2 Å². The maximum absolute atomic E-state index is 14.1. The summed E-state index contributed by atoms with van der Waals surface area (Å²) >= 11 is 12.7. The van der Waals surface area contributed by atoms with Crippen molar-refractivity contribution in [1.82, 2.24) is 9.80 Å². The molecule has 4 atom stereocenters. The first-order valence-corrected chi connectivity index (χ1v) is 17.0. The van der Waals surface area contributed by atoms with Crippen LogP contribution >= 0.6 is 23.2 Å². The number of rotatable bonds is 10. The van der Waals surface area contributed by atoms with Crippen LogP contribution in [0.1, 0.15) is 67.1 Å². The van der Waals surface area contributed by atoms with Gasteiger partial charge in [0, 0.05) is 25.6 Å². The van der Waals surface area contributed by atoms with Crippen LogP contribution in [0.3, 0.4) is 0 Å². The molecule has 242 valence electrons. The van der Waals surface area contributed by atoms with Crippen molar-refractivity contribution in [3.63, 3.8) is 0 Å². The molecule has 2 aliphatic heterocycles. The molecule has 0 bridgehead atoms. The molecule has 3 aromatic carbocycles. The fraction of sp³-hybridized carbons (Fsp3) is 0.432. The van der Waals surface area contributed by atoms with Crippen molar-refractivity contribution < 1.29 is 19.5 Å². The van der Waals surface area contributed by atoms with Crippen molar-refractivity contribution in [3.8, 4) is 0 Å². The molecule has 3 fully saturated rings. The van der Waals surface area contributed by atoms with E-state index in [1.165, 1.54) is 0 Å². The summed E-state index contributed by atoms with van der Waals surface area (Å²) < 4.78 is 0. The van der Waals surface area contributed by atoms with E-state index in [2.05, 4.69) is 21.9 Å². The van der Waals surface area contributed by atoms with Crippen LogP contribution < -0.4 is 5.73 Å². The van der Waals surface area contributed by atoms with Crippen molar-refractivity contribution in [2.45, 2.75) is 55.8 Å². The number of amides is 2. The Morgan fingerprint density at radius 1 is 0.826 bits per heavy atom. The van der Waals surface area contributed by atoms with Gasteiger partial charge in [-0.05, 0) is 86.4 Å². The molecule has 0 spiro atoms. The van der Waals surface area contributed by atoms with E-state index in [-0.39, 0.29) is 11.8 Å². The van der Waals surface area contributed by atoms with Crippen LogP contribution in [-0.2, 0) is 19.8 Å². The second kappa shape index (κ2) is 13.4. The Labute approximate surface area is 280 Å². The molecule has 1 aliphatic carbocycles. The predicted octanol–water partition coefficient (Wildman–Crippen LogP) is 6.48. The molecule has 3 N–H and O–H groups in total. The minimum Gasteiger partial charge on any atom is -0.481 e. The van der Waals surface area contributed by atoms with E-state index in [4.69, 9.17) is 28.9 Å². The lowest BCUT2D eigenvalue weighted by atomic mass is 9.70. The monoisotopic (exact) mass is 661 g/mol. The van der Waals surface area contributed by atoms with Crippen LogP contribution in [0, 0.1) is 11.3 Å². The number of carboxylic acid groups (broad SMARTS) is 1. The zero-order valence-electron chi connectivity index (χ0n) is 25.9. The Kier molecular flexibility index (Phi) is 9.47. The average Bonchev–Trinajstić information content (AvgIpc) is 3.80. The second-order valence-corrected chi connectivity index (χ2v) is 14.1. The molecular weight excluding hydrogens is 621 g/mol. The van der Waals surface area contributed by atoms with E-state index in [1.807, 2.05) is 48.5 Å². The zero-order chi connectivity index (χ0) is 32.5. The second-order valence-electron chi connectivity index (χ2n) is 13.3. The van der Waals surface area contributed by atoms with Crippen LogP contribution in [0.4, 0.5) is 0 Å². The number of hydrogen-bond acceptors (Lipinski definition) is 4. The third-order valence-corrected chi connectivity index (χ3v) is 11.5. The Bertz CT molecular complexity index is 1570. The highest BCUT2D eigenvalue weighted by atomic mass is 35.5. The standard InChI is InChI=1S/C37H41Cl2N3O4/c38-29-15-14-26(22-30(29)39)32(31(33(40)43)25-10-4-1-5-11-25)37(35(45)46)23-28(37)24-41-20-16-36(17-21-41,27-12-6-2-7-13-27)34(44)42-18-8-3-9-19-42/h1-2,4-7,10-15,22,28,31-32H,3,8-9,16-21,23-24H2,(H2,40,43)(H,45,46). The number of nitrogens with two attached hydrogens (primary N) is 1. The average molecular weight is 663 g/mol. The molecular formula is C37H41Cl2N3O4. The van der Waals surface area contributed by atoms with Gasteiger partial charge in [-0.2, -0.15) is 0 Å². The summed E-state index contributed by atoms with van der Waals surface area (Å²) in [7, 11) is 0. The van der Waals surface area contributed by atoms with E-state index < -0.39 is 34.5 Å². The molecule has 46 heavy (non-hydrogen) atoms. The molecule has 4 unspecified atom stereocenters. The highest BCUT2D eigenvalue weighted by molar-refractivity contribution is 6.42. The SMILES string of the molecule is NC(=O)C(c1ccccc1)C(c1ccc(Cl)c(Cl)c1)C1(C(=O)O)CC1CN1CCC(C(=O)N2CCCCC2)(c2ccccc2)CC1. The van der Waals surface area contributed by atoms with Gasteiger partial charge in [0.25, 0.3) is 0 Å². The number of hydrogen-bond donors (Lipinski definition) is 2. The number of carbonyl (C=O) groups is 3. The summed E-state index contributed by atoms with van der Waals surface area (Å²) in [6, 6.07) is 24.4. The highest BCUT2D eigenvalue weighted by Crippen LogP contribution is 2.65. The molecule has 3 aliphatic rings. The van der Waals surface area contributed by atoms with Gasteiger partial charge in [-0.15, -0.1) is 0 Å². The normalized spacial score (nSPS) is 24.1. The van der Waals surface area contributed by atoms with Crippen molar-refractivity contribution in [2.75, 3.05) is 32.7 Å². The van der Waals surface area contributed by atoms with E-state index in [0.29, 0.717) is 60.1 Å². The number of carboxylic acids is 1. The van der Waals surface area contributed by atoms with Crippen molar-refractivity contribution in [3.05, 3.63) is 106 Å². The maximum atomic E-state index is 14.1. The fourth-order valence-electron chi connectivity index (χ4n) is 8.24. The number of benzene rings is 3. The van der Waals surface area contributed by atoms with Gasteiger partial charge in [-0.3, -0.25) is 14.4 Å². The summed E-state index contributed by atoms with van der Waals surface area (Å²) in [5.74, 6) is -3.18. The number of likely N-dealkylation sites (tertiary alicyclic amines) is 2. The number of primary amides is 1. The lowest BCUT2D eigenvalue weighted by Gasteiger charge is -2.44. The Hall–Kier alpha value is -3.39. The van der Waals surface area contributed by atoms with Gasteiger partial charge >= 0.3 is 5.97 Å². The summed E-state index contributed by atoms with van der Waals surface area (Å²) in [6.07, 6.45) is 4.98. The number of halogens is 2. The minimum atomic E-state index is -1.23. The van der Waals surface area contributed by atoms with Gasteiger partial charge in [-0.25, -0.2) is 0 Å².